The van der Waals surface area contributed by atoms with Gasteiger partial charge < -0.3 is 9.52 Å². The summed E-state index contributed by atoms with van der Waals surface area (Å²) >= 11 is 9.43. The van der Waals surface area contributed by atoms with Crippen LogP contribution in [-0.2, 0) is 0 Å². The topological polar surface area (TPSA) is 63.3 Å². The largest absolute Gasteiger partial charge is 0.478 e. The van der Waals surface area contributed by atoms with Crippen LogP contribution >= 0.6 is 27.5 Å². The van der Waals surface area contributed by atoms with Crippen LogP contribution < -0.4 is 0 Å². The number of hydrogen-bond acceptors (Lipinski definition) is 3. The van der Waals surface area contributed by atoms with E-state index < -0.39 is 5.97 Å². The third-order valence-electron chi connectivity index (χ3n) is 3.75. The van der Waals surface area contributed by atoms with Gasteiger partial charge in [0.15, 0.2) is 5.76 Å². The Balaban J connectivity index is 2.01. The highest BCUT2D eigenvalue weighted by molar-refractivity contribution is 9.10. The van der Waals surface area contributed by atoms with Gasteiger partial charge >= 0.3 is 5.97 Å². The minimum atomic E-state index is -1.01. The maximum Gasteiger partial charge on any atom is 0.336 e. The van der Waals surface area contributed by atoms with Crippen molar-refractivity contribution in [2.45, 2.75) is 0 Å². The smallest absolute Gasteiger partial charge is 0.336 e. The zero-order valence-electron chi connectivity index (χ0n) is 12.1. The first-order valence-corrected chi connectivity index (χ1v) is 8.22. The van der Waals surface area contributed by atoms with Crippen molar-refractivity contribution in [1.29, 1.82) is 0 Å². The van der Waals surface area contributed by atoms with E-state index in [1.165, 1.54) is 6.07 Å². The van der Waals surface area contributed by atoms with Crippen molar-refractivity contribution >= 4 is 55.4 Å². The van der Waals surface area contributed by atoms with Gasteiger partial charge in [0.1, 0.15) is 11.3 Å². The van der Waals surface area contributed by atoms with Crippen LogP contribution in [0.5, 0.6) is 0 Å². The third kappa shape index (κ3) is 2.46. The fourth-order valence-electron chi connectivity index (χ4n) is 2.66. The van der Waals surface area contributed by atoms with E-state index in [0.29, 0.717) is 33.0 Å². The number of furan rings is 1. The second kappa shape index (κ2) is 5.61. The Kier molecular flexibility index (Phi) is 3.55. The average molecular weight is 403 g/mol. The molecule has 0 bridgehead atoms. The number of carboxylic acids is 1. The minimum absolute atomic E-state index is 0.176. The minimum Gasteiger partial charge on any atom is -0.478 e. The molecule has 6 heteroatoms. The Labute approximate surface area is 149 Å². The molecule has 0 aliphatic rings. The number of nitrogens with zero attached hydrogens (tertiary/aromatic N) is 1. The number of rotatable bonds is 2. The second-order valence-corrected chi connectivity index (χ2v) is 6.58. The van der Waals surface area contributed by atoms with E-state index >= 15 is 0 Å². The lowest BCUT2D eigenvalue weighted by molar-refractivity contribution is 0.0699. The molecule has 0 fully saturated rings. The molecule has 0 aliphatic heterocycles. The first-order valence-electron chi connectivity index (χ1n) is 7.05. The summed E-state index contributed by atoms with van der Waals surface area (Å²) in [5, 5.41) is 11.5. The fourth-order valence-corrected chi connectivity index (χ4v) is 3.29. The van der Waals surface area contributed by atoms with E-state index in [2.05, 4.69) is 20.9 Å². The SMILES string of the molecule is O=C(O)c1cc(-c2cc3cc(Cl)ccc3o2)nc2c(Br)cccc12. The van der Waals surface area contributed by atoms with Gasteiger partial charge in [-0.3, -0.25) is 0 Å². The molecule has 4 aromatic rings. The van der Waals surface area contributed by atoms with E-state index in [1.54, 1.807) is 36.4 Å². The Hall–Kier alpha value is -2.37. The zero-order chi connectivity index (χ0) is 16.8. The molecular weight excluding hydrogens is 394 g/mol. The van der Waals surface area contributed by atoms with Crippen molar-refractivity contribution < 1.29 is 14.3 Å². The van der Waals surface area contributed by atoms with Gasteiger partial charge in [0.25, 0.3) is 0 Å². The molecule has 0 aliphatic carbocycles. The van der Waals surface area contributed by atoms with Gasteiger partial charge in [0.05, 0.1) is 11.1 Å². The van der Waals surface area contributed by atoms with E-state index in [9.17, 15) is 9.90 Å². The number of pyridine rings is 1. The van der Waals surface area contributed by atoms with E-state index in [4.69, 9.17) is 16.0 Å². The number of fused-ring (bicyclic) bond motifs is 2. The van der Waals surface area contributed by atoms with Crippen LogP contribution in [0.25, 0.3) is 33.3 Å². The lowest BCUT2D eigenvalue weighted by Crippen LogP contribution is -2.00. The number of aromatic nitrogens is 1. The molecular formula is C18H9BrClNO3. The predicted octanol–water partition coefficient (Wildman–Crippen LogP) is 5.76. The molecule has 2 aromatic carbocycles. The first kappa shape index (κ1) is 15.2. The van der Waals surface area contributed by atoms with Crippen LogP contribution in [-0.4, -0.2) is 16.1 Å². The maximum atomic E-state index is 11.6. The average Bonchev–Trinajstić information content (AvgIpc) is 2.97. The van der Waals surface area contributed by atoms with Gasteiger partial charge in [0, 0.05) is 20.3 Å². The summed E-state index contributed by atoms with van der Waals surface area (Å²) < 4.78 is 6.53. The summed E-state index contributed by atoms with van der Waals surface area (Å²) in [6.45, 7) is 0. The summed E-state index contributed by atoms with van der Waals surface area (Å²) in [5.41, 5.74) is 1.88. The van der Waals surface area contributed by atoms with Gasteiger partial charge in [0.2, 0.25) is 0 Å². The quantitative estimate of drug-likeness (QED) is 0.463. The molecule has 0 atom stereocenters. The summed E-state index contributed by atoms with van der Waals surface area (Å²) in [4.78, 5) is 16.2. The molecule has 0 saturated carbocycles. The van der Waals surface area contributed by atoms with Crippen molar-refractivity contribution in [3.63, 3.8) is 0 Å². The van der Waals surface area contributed by atoms with Crippen molar-refractivity contribution in [2.24, 2.45) is 0 Å². The number of hydrogen-bond donors (Lipinski definition) is 1. The fraction of sp³-hybridized carbons (Fsp3) is 0. The number of benzene rings is 2. The highest BCUT2D eigenvalue weighted by Gasteiger charge is 2.16. The first-order chi connectivity index (χ1) is 11.5. The van der Waals surface area contributed by atoms with Crippen LogP contribution in [0.2, 0.25) is 5.02 Å². The van der Waals surface area contributed by atoms with Crippen molar-refractivity contribution in [1.82, 2.24) is 4.98 Å². The molecule has 4 rings (SSSR count). The van der Waals surface area contributed by atoms with Gasteiger partial charge in [-0.05, 0) is 52.3 Å². The van der Waals surface area contributed by atoms with Crippen LogP contribution in [0.1, 0.15) is 10.4 Å². The third-order valence-corrected chi connectivity index (χ3v) is 4.63. The highest BCUT2D eigenvalue weighted by atomic mass is 79.9. The highest BCUT2D eigenvalue weighted by Crippen LogP contribution is 2.32. The van der Waals surface area contributed by atoms with Gasteiger partial charge in [-0.2, -0.15) is 0 Å². The van der Waals surface area contributed by atoms with Gasteiger partial charge in [-0.1, -0.05) is 23.7 Å². The van der Waals surface area contributed by atoms with Crippen molar-refractivity contribution in [3.05, 3.63) is 63.6 Å². The summed E-state index contributed by atoms with van der Waals surface area (Å²) in [5.74, 6) is -0.520. The lowest BCUT2D eigenvalue weighted by atomic mass is 10.1. The van der Waals surface area contributed by atoms with Gasteiger partial charge in [-0.15, -0.1) is 0 Å². The number of carbonyl (C=O) groups is 1. The Morgan fingerprint density at radius 1 is 1.17 bits per heavy atom. The Morgan fingerprint density at radius 2 is 2.00 bits per heavy atom. The van der Waals surface area contributed by atoms with Crippen molar-refractivity contribution in [3.8, 4) is 11.5 Å². The van der Waals surface area contributed by atoms with E-state index in [0.717, 1.165) is 9.86 Å². The predicted molar refractivity (Wildman–Crippen MR) is 96.6 cm³/mol. The summed E-state index contributed by atoms with van der Waals surface area (Å²) in [6, 6.07) is 14.0. The molecule has 0 unspecified atom stereocenters. The molecule has 118 valence electrons. The number of para-hydroxylation sites is 1. The molecule has 2 heterocycles. The molecule has 2 aromatic heterocycles. The molecule has 0 saturated heterocycles. The zero-order valence-corrected chi connectivity index (χ0v) is 14.4. The standard InChI is InChI=1S/C18H9BrClNO3/c19-13-3-1-2-11-12(18(22)23)8-14(21-17(11)13)16-7-9-6-10(20)4-5-15(9)24-16/h1-8H,(H,22,23). The van der Waals surface area contributed by atoms with E-state index in [-0.39, 0.29) is 5.56 Å². The Morgan fingerprint density at radius 3 is 2.79 bits per heavy atom. The normalized spacial score (nSPS) is 11.2. The van der Waals surface area contributed by atoms with Crippen LogP contribution in [0.15, 0.2) is 57.4 Å². The molecule has 4 nitrogen and oxygen atoms in total. The maximum absolute atomic E-state index is 11.6. The molecule has 0 spiro atoms. The lowest BCUT2D eigenvalue weighted by Gasteiger charge is -2.06. The van der Waals surface area contributed by atoms with Crippen LogP contribution in [0, 0.1) is 0 Å². The van der Waals surface area contributed by atoms with Crippen molar-refractivity contribution in [2.75, 3.05) is 0 Å². The van der Waals surface area contributed by atoms with Crippen LogP contribution in [0.3, 0.4) is 0 Å². The molecule has 0 amide bonds. The number of carboxylic acid groups (broad SMARTS) is 1. The number of halogens is 2. The molecule has 1 N–H and O–H groups in total. The summed E-state index contributed by atoms with van der Waals surface area (Å²) in [6.07, 6.45) is 0. The molecule has 0 radical (unpaired) electrons. The summed E-state index contributed by atoms with van der Waals surface area (Å²) in [7, 11) is 0. The number of aromatic carboxylic acids is 1. The van der Waals surface area contributed by atoms with E-state index in [1.807, 2.05) is 6.07 Å². The monoisotopic (exact) mass is 401 g/mol. The van der Waals surface area contributed by atoms with Crippen LogP contribution in [0.4, 0.5) is 0 Å². The molecule has 24 heavy (non-hydrogen) atoms. The Bertz CT molecular complexity index is 1120. The van der Waals surface area contributed by atoms with Gasteiger partial charge in [-0.25, -0.2) is 9.78 Å². The second-order valence-electron chi connectivity index (χ2n) is 5.29.